The van der Waals surface area contributed by atoms with Crippen molar-refractivity contribution in [2.24, 2.45) is 4.99 Å². The van der Waals surface area contributed by atoms with Gasteiger partial charge in [0.15, 0.2) is 5.96 Å². The summed E-state index contributed by atoms with van der Waals surface area (Å²) in [5.41, 5.74) is 3.01. The summed E-state index contributed by atoms with van der Waals surface area (Å²) < 4.78 is 0. The number of hydrogen-bond acceptors (Lipinski definition) is 3. The van der Waals surface area contributed by atoms with Crippen LogP contribution in [0, 0.1) is 0 Å². The molecule has 0 amide bonds. The van der Waals surface area contributed by atoms with Crippen LogP contribution in [-0.4, -0.2) is 44.1 Å². The highest BCUT2D eigenvalue weighted by atomic mass is 32.1. The van der Waals surface area contributed by atoms with Gasteiger partial charge in [0.1, 0.15) is 0 Å². The highest BCUT2D eigenvalue weighted by Crippen LogP contribution is 2.18. The highest BCUT2D eigenvalue weighted by molar-refractivity contribution is 7.09. The molecule has 3 rings (SSSR count). The normalized spacial score (nSPS) is 15.0. The Labute approximate surface area is 155 Å². The number of hydrogen-bond donors (Lipinski definition) is 2. The van der Waals surface area contributed by atoms with E-state index in [-0.39, 0.29) is 0 Å². The predicted octanol–water partition coefficient (Wildman–Crippen LogP) is 2.90. The topological polar surface area (TPSA) is 39.7 Å². The van der Waals surface area contributed by atoms with E-state index in [9.17, 15) is 0 Å². The van der Waals surface area contributed by atoms with Gasteiger partial charge in [-0.2, -0.15) is 0 Å². The fourth-order valence-corrected chi connectivity index (χ4v) is 3.94. The molecule has 0 aliphatic carbocycles. The molecule has 2 N–H and O–H groups in total. The Morgan fingerprint density at radius 1 is 1.12 bits per heavy atom. The maximum atomic E-state index is 4.31. The molecule has 0 spiro atoms. The largest absolute Gasteiger partial charge is 0.356 e. The third-order valence-electron chi connectivity index (χ3n) is 4.62. The van der Waals surface area contributed by atoms with Crippen LogP contribution in [-0.2, 0) is 19.4 Å². The van der Waals surface area contributed by atoms with Crippen molar-refractivity contribution in [1.82, 2.24) is 15.5 Å². The van der Waals surface area contributed by atoms with E-state index in [1.807, 2.05) is 18.4 Å². The van der Waals surface area contributed by atoms with Crippen molar-refractivity contribution in [2.45, 2.75) is 25.8 Å². The fourth-order valence-electron chi connectivity index (χ4n) is 3.23. The first kappa shape index (κ1) is 18.0. The monoisotopic (exact) mass is 356 g/mol. The van der Waals surface area contributed by atoms with Gasteiger partial charge in [-0.25, -0.2) is 0 Å². The van der Waals surface area contributed by atoms with Crippen molar-refractivity contribution < 1.29 is 0 Å². The minimum Gasteiger partial charge on any atom is -0.356 e. The summed E-state index contributed by atoms with van der Waals surface area (Å²) in [7, 11) is 1.84. The second-order valence-corrected chi connectivity index (χ2v) is 7.44. The van der Waals surface area contributed by atoms with Crippen molar-refractivity contribution in [3.63, 3.8) is 0 Å². The average Bonchev–Trinajstić information content (AvgIpc) is 3.17. The van der Waals surface area contributed by atoms with E-state index in [2.05, 4.69) is 62.3 Å². The maximum Gasteiger partial charge on any atom is 0.190 e. The zero-order valence-electron chi connectivity index (χ0n) is 15.0. The molecular formula is C20H28N4S. The second kappa shape index (κ2) is 9.59. The molecule has 2 heterocycles. The van der Waals surface area contributed by atoms with E-state index in [0.717, 1.165) is 45.0 Å². The lowest BCUT2D eigenvalue weighted by Gasteiger charge is -2.28. The van der Waals surface area contributed by atoms with Crippen LogP contribution in [0.5, 0.6) is 0 Å². The third-order valence-corrected chi connectivity index (χ3v) is 5.56. The number of nitrogens with one attached hydrogen (secondary N) is 2. The zero-order valence-corrected chi connectivity index (χ0v) is 15.8. The van der Waals surface area contributed by atoms with Crippen LogP contribution < -0.4 is 10.6 Å². The van der Waals surface area contributed by atoms with E-state index >= 15 is 0 Å². The number of benzene rings is 1. The predicted molar refractivity (Wildman–Crippen MR) is 107 cm³/mol. The Balaban J connectivity index is 1.31. The first-order chi connectivity index (χ1) is 12.3. The summed E-state index contributed by atoms with van der Waals surface area (Å²) in [6, 6.07) is 13.1. The van der Waals surface area contributed by atoms with Crippen LogP contribution in [0.15, 0.2) is 46.8 Å². The number of guanidine groups is 1. The van der Waals surface area contributed by atoms with Crippen molar-refractivity contribution >= 4 is 17.3 Å². The molecule has 2 aromatic rings. The maximum absolute atomic E-state index is 4.31. The lowest BCUT2D eigenvalue weighted by molar-refractivity contribution is 0.251. The van der Waals surface area contributed by atoms with Gasteiger partial charge in [-0.3, -0.25) is 9.89 Å². The van der Waals surface area contributed by atoms with Gasteiger partial charge in [-0.05, 0) is 41.8 Å². The molecule has 1 aliphatic rings. The minimum atomic E-state index is 0.903. The van der Waals surface area contributed by atoms with Crippen LogP contribution in [0.2, 0.25) is 0 Å². The van der Waals surface area contributed by atoms with Gasteiger partial charge in [0, 0.05) is 44.6 Å². The van der Waals surface area contributed by atoms with E-state index in [0.29, 0.717) is 0 Å². The Bertz CT molecular complexity index is 666. The number of nitrogens with zero attached hydrogens (tertiary/aromatic N) is 2. The lowest BCUT2D eigenvalue weighted by Crippen LogP contribution is -2.40. The van der Waals surface area contributed by atoms with Crippen LogP contribution >= 0.6 is 11.3 Å². The van der Waals surface area contributed by atoms with Crippen molar-refractivity contribution in [1.29, 1.82) is 0 Å². The molecule has 1 aromatic heterocycles. The third kappa shape index (κ3) is 5.58. The molecule has 0 radical (unpaired) electrons. The number of rotatable bonds is 7. The summed E-state index contributed by atoms with van der Waals surface area (Å²) in [4.78, 5) is 8.27. The van der Waals surface area contributed by atoms with Crippen LogP contribution in [0.4, 0.5) is 0 Å². The SMILES string of the molecule is CN=C(NCCCN1CCc2ccccc2C1)NCCc1cccs1. The molecule has 0 unspecified atom stereocenters. The first-order valence-corrected chi connectivity index (χ1v) is 9.99. The minimum absolute atomic E-state index is 0.903. The molecule has 25 heavy (non-hydrogen) atoms. The van der Waals surface area contributed by atoms with Gasteiger partial charge in [-0.15, -0.1) is 11.3 Å². The van der Waals surface area contributed by atoms with Gasteiger partial charge in [0.25, 0.3) is 0 Å². The number of fused-ring (bicyclic) bond motifs is 1. The quantitative estimate of drug-likeness (QED) is 0.455. The molecule has 0 fully saturated rings. The van der Waals surface area contributed by atoms with Gasteiger partial charge in [-0.1, -0.05) is 30.3 Å². The molecule has 1 aliphatic heterocycles. The molecule has 134 valence electrons. The van der Waals surface area contributed by atoms with Crippen molar-refractivity contribution in [2.75, 3.05) is 33.2 Å². The molecule has 0 atom stereocenters. The lowest BCUT2D eigenvalue weighted by atomic mass is 10.00. The van der Waals surface area contributed by atoms with Gasteiger partial charge >= 0.3 is 0 Å². The van der Waals surface area contributed by atoms with Crippen molar-refractivity contribution in [3.8, 4) is 0 Å². The Hall–Kier alpha value is -1.85. The Morgan fingerprint density at radius 3 is 2.76 bits per heavy atom. The Kier molecular flexibility index (Phi) is 6.89. The number of aliphatic imine (C=N–C) groups is 1. The van der Waals surface area contributed by atoms with Crippen molar-refractivity contribution in [3.05, 3.63) is 57.8 Å². The number of thiophene rings is 1. The molecule has 0 saturated carbocycles. The smallest absolute Gasteiger partial charge is 0.190 e. The molecule has 0 bridgehead atoms. The van der Waals surface area contributed by atoms with Gasteiger partial charge < -0.3 is 10.6 Å². The van der Waals surface area contributed by atoms with E-state index < -0.39 is 0 Å². The first-order valence-electron chi connectivity index (χ1n) is 9.11. The molecule has 1 aromatic carbocycles. The second-order valence-electron chi connectivity index (χ2n) is 6.40. The molecule has 0 saturated heterocycles. The molecular weight excluding hydrogens is 328 g/mol. The summed E-state index contributed by atoms with van der Waals surface area (Å²) in [6.45, 7) is 5.27. The fraction of sp³-hybridized carbons (Fsp3) is 0.450. The zero-order chi connectivity index (χ0) is 17.3. The van der Waals surface area contributed by atoms with Gasteiger partial charge in [0.2, 0.25) is 0 Å². The summed E-state index contributed by atoms with van der Waals surface area (Å²) in [5, 5.41) is 8.94. The van der Waals surface area contributed by atoms with E-state index in [1.165, 1.54) is 29.0 Å². The van der Waals surface area contributed by atoms with E-state index in [1.54, 1.807) is 0 Å². The Morgan fingerprint density at radius 2 is 1.96 bits per heavy atom. The van der Waals surface area contributed by atoms with Gasteiger partial charge in [0.05, 0.1) is 0 Å². The summed E-state index contributed by atoms with van der Waals surface area (Å²) in [5.74, 6) is 0.903. The van der Waals surface area contributed by atoms with Crippen LogP contribution in [0.1, 0.15) is 22.4 Å². The standard InChI is InChI=1S/C20H28N4S/c1-21-20(23-12-9-19-8-4-15-25-19)22-11-5-13-24-14-10-17-6-2-3-7-18(17)16-24/h2-4,6-8,15H,5,9-14,16H2,1H3,(H2,21,22,23). The van der Waals surface area contributed by atoms with Crippen LogP contribution in [0.25, 0.3) is 0 Å². The van der Waals surface area contributed by atoms with E-state index in [4.69, 9.17) is 0 Å². The molecule has 5 heteroatoms. The summed E-state index contributed by atoms with van der Waals surface area (Å²) >= 11 is 1.81. The molecule has 4 nitrogen and oxygen atoms in total. The highest BCUT2D eigenvalue weighted by Gasteiger charge is 2.14. The average molecular weight is 357 g/mol. The van der Waals surface area contributed by atoms with Crippen LogP contribution in [0.3, 0.4) is 0 Å². The summed E-state index contributed by atoms with van der Waals surface area (Å²) in [6.07, 6.45) is 3.36.